The quantitative estimate of drug-likeness (QED) is 0.829. The van der Waals surface area contributed by atoms with Crippen molar-refractivity contribution in [1.29, 1.82) is 0 Å². The van der Waals surface area contributed by atoms with Crippen molar-refractivity contribution in [2.75, 3.05) is 0 Å². The van der Waals surface area contributed by atoms with Crippen LogP contribution < -0.4 is 5.73 Å². The number of nitrogens with two attached hydrogens (primary N) is 1. The Morgan fingerprint density at radius 2 is 1.53 bits per heavy atom. The van der Waals surface area contributed by atoms with Gasteiger partial charge in [-0.05, 0) is 23.6 Å². The molecule has 3 N–H and O–H groups in total. The first-order valence-corrected chi connectivity index (χ1v) is 4.92. The molecule has 1 rings (SSSR count). The zero-order chi connectivity index (χ0) is 12.5. The van der Waals surface area contributed by atoms with Crippen LogP contribution in [0.3, 0.4) is 0 Å². The molecule has 0 heterocycles. The Kier molecular flexibility index (Phi) is 5.95. The SMILES string of the molecule is CC(C)[C@@H](O)[C@@H](N)c1cc(F)c(F)c(F)c1.Cl. The van der Waals surface area contributed by atoms with Crippen LogP contribution in [0.2, 0.25) is 0 Å². The summed E-state index contributed by atoms with van der Waals surface area (Å²) in [5.74, 6) is -4.30. The number of halogens is 4. The topological polar surface area (TPSA) is 46.2 Å². The minimum atomic E-state index is -1.53. The van der Waals surface area contributed by atoms with E-state index in [1.54, 1.807) is 13.8 Å². The van der Waals surface area contributed by atoms with E-state index in [2.05, 4.69) is 0 Å². The summed E-state index contributed by atoms with van der Waals surface area (Å²) in [6.45, 7) is 3.45. The highest BCUT2D eigenvalue weighted by Crippen LogP contribution is 2.23. The lowest BCUT2D eigenvalue weighted by Crippen LogP contribution is -2.30. The van der Waals surface area contributed by atoms with Gasteiger partial charge < -0.3 is 10.8 Å². The average Bonchev–Trinajstić information content (AvgIpc) is 2.22. The van der Waals surface area contributed by atoms with E-state index in [-0.39, 0.29) is 23.9 Å². The van der Waals surface area contributed by atoms with Gasteiger partial charge in [-0.3, -0.25) is 0 Å². The monoisotopic (exact) mass is 269 g/mol. The van der Waals surface area contributed by atoms with Crippen LogP contribution in [0, 0.1) is 23.4 Å². The summed E-state index contributed by atoms with van der Waals surface area (Å²) in [5.41, 5.74) is 5.66. The van der Waals surface area contributed by atoms with Crippen LogP contribution in [0.5, 0.6) is 0 Å². The van der Waals surface area contributed by atoms with Crippen molar-refractivity contribution in [3.05, 3.63) is 35.1 Å². The molecule has 0 spiro atoms. The summed E-state index contributed by atoms with van der Waals surface area (Å²) in [6, 6.07) is 0.660. The Hall–Kier alpha value is -0.780. The minimum absolute atomic E-state index is 0. The van der Waals surface area contributed by atoms with Gasteiger partial charge in [0.05, 0.1) is 12.1 Å². The van der Waals surface area contributed by atoms with Crippen LogP contribution >= 0.6 is 12.4 Å². The van der Waals surface area contributed by atoms with E-state index < -0.39 is 29.6 Å². The van der Waals surface area contributed by atoms with E-state index in [4.69, 9.17) is 5.73 Å². The van der Waals surface area contributed by atoms with E-state index >= 15 is 0 Å². The predicted molar refractivity (Wildman–Crippen MR) is 61.3 cm³/mol. The minimum Gasteiger partial charge on any atom is -0.391 e. The molecule has 0 unspecified atom stereocenters. The maximum atomic E-state index is 12.9. The maximum Gasteiger partial charge on any atom is 0.194 e. The Balaban J connectivity index is 0.00000256. The fourth-order valence-corrected chi connectivity index (χ4v) is 1.38. The van der Waals surface area contributed by atoms with Crippen LogP contribution in [0.1, 0.15) is 25.5 Å². The van der Waals surface area contributed by atoms with Gasteiger partial charge in [0.2, 0.25) is 0 Å². The molecule has 0 bridgehead atoms. The predicted octanol–water partition coefficient (Wildman–Crippen LogP) is 2.54. The second-order valence-electron chi connectivity index (χ2n) is 4.06. The van der Waals surface area contributed by atoms with Gasteiger partial charge in [0.15, 0.2) is 17.5 Å². The third kappa shape index (κ3) is 3.59. The lowest BCUT2D eigenvalue weighted by atomic mass is 9.94. The summed E-state index contributed by atoms with van der Waals surface area (Å²) in [4.78, 5) is 0. The largest absolute Gasteiger partial charge is 0.391 e. The lowest BCUT2D eigenvalue weighted by Gasteiger charge is -2.22. The second kappa shape index (κ2) is 6.23. The van der Waals surface area contributed by atoms with Crippen molar-refractivity contribution in [2.45, 2.75) is 26.0 Å². The van der Waals surface area contributed by atoms with Gasteiger partial charge in [-0.2, -0.15) is 0 Å². The molecular formula is C11H15ClF3NO. The van der Waals surface area contributed by atoms with E-state index in [0.29, 0.717) is 0 Å². The molecule has 1 aromatic rings. The third-order valence-electron chi connectivity index (χ3n) is 2.44. The summed E-state index contributed by atoms with van der Waals surface area (Å²) < 4.78 is 38.5. The van der Waals surface area contributed by atoms with E-state index in [0.717, 1.165) is 12.1 Å². The highest BCUT2D eigenvalue weighted by Gasteiger charge is 2.22. The van der Waals surface area contributed by atoms with Crippen molar-refractivity contribution in [1.82, 2.24) is 0 Å². The zero-order valence-corrected chi connectivity index (χ0v) is 10.3. The Morgan fingerprint density at radius 3 is 1.88 bits per heavy atom. The van der Waals surface area contributed by atoms with E-state index in [9.17, 15) is 18.3 Å². The summed E-state index contributed by atoms with van der Waals surface area (Å²) in [6.07, 6.45) is -0.940. The fraction of sp³-hybridized carbons (Fsp3) is 0.455. The molecule has 0 aliphatic rings. The molecule has 1 aromatic carbocycles. The number of hydrogen-bond acceptors (Lipinski definition) is 2. The van der Waals surface area contributed by atoms with Crippen molar-refractivity contribution >= 4 is 12.4 Å². The standard InChI is InChI=1S/C11H14F3NO.ClH/c1-5(2)11(16)10(15)6-3-7(12)9(14)8(13)4-6;/h3-5,10-11,16H,15H2,1-2H3;1H/t10-,11+;/m0./s1. The Labute approximate surface area is 104 Å². The summed E-state index contributed by atoms with van der Waals surface area (Å²) in [7, 11) is 0. The molecule has 0 radical (unpaired) electrons. The van der Waals surface area contributed by atoms with E-state index in [1.807, 2.05) is 0 Å². The number of aliphatic hydroxyl groups is 1. The Bertz CT molecular complexity index is 364. The normalized spacial score (nSPS) is 14.4. The second-order valence-corrected chi connectivity index (χ2v) is 4.06. The van der Waals surface area contributed by atoms with Crippen molar-refractivity contribution in [3.8, 4) is 0 Å². The average molecular weight is 270 g/mol. The number of aliphatic hydroxyl groups excluding tert-OH is 1. The molecule has 0 aliphatic carbocycles. The zero-order valence-electron chi connectivity index (χ0n) is 9.45. The van der Waals surface area contributed by atoms with Crippen LogP contribution in [0.15, 0.2) is 12.1 Å². The molecule has 0 aliphatic heterocycles. The number of hydrogen-bond donors (Lipinski definition) is 2. The van der Waals surface area contributed by atoms with E-state index in [1.165, 1.54) is 0 Å². The first-order valence-electron chi connectivity index (χ1n) is 4.92. The molecule has 0 saturated carbocycles. The molecule has 98 valence electrons. The molecule has 6 heteroatoms. The molecule has 0 aromatic heterocycles. The van der Waals surface area contributed by atoms with Gasteiger partial charge in [-0.1, -0.05) is 13.8 Å². The van der Waals surface area contributed by atoms with Crippen LogP contribution in [-0.2, 0) is 0 Å². The Morgan fingerprint density at radius 1 is 1.12 bits per heavy atom. The van der Waals surface area contributed by atoms with Crippen LogP contribution in [0.4, 0.5) is 13.2 Å². The van der Waals surface area contributed by atoms with Gasteiger partial charge in [-0.15, -0.1) is 12.4 Å². The van der Waals surface area contributed by atoms with Crippen LogP contribution in [0.25, 0.3) is 0 Å². The first-order chi connectivity index (χ1) is 7.34. The molecular weight excluding hydrogens is 255 g/mol. The van der Waals surface area contributed by atoms with Crippen molar-refractivity contribution in [2.24, 2.45) is 11.7 Å². The number of benzene rings is 1. The molecule has 0 fully saturated rings. The highest BCUT2D eigenvalue weighted by molar-refractivity contribution is 5.85. The van der Waals surface area contributed by atoms with Gasteiger partial charge in [-0.25, -0.2) is 13.2 Å². The van der Waals surface area contributed by atoms with Crippen LogP contribution in [-0.4, -0.2) is 11.2 Å². The lowest BCUT2D eigenvalue weighted by molar-refractivity contribution is 0.0976. The number of rotatable bonds is 3. The van der Waals surface area contributed by atoms with Crippen molar-refractivity contribution in [3.63, 3.8) is 0 Å². The fourth-order valence-electron chi connectivity index (χ4n) is 1.38. The highest BCUT2D eigenvalue weighted by atomic mass is 35.5. The third-order valence-corrected chi connectivity index (χ3v) is 2.44. The van der Waals surface area contributed by atoms with Gasteiger partial charge in [0.25, 0.3) is 0 Å². The van der Waals surface area contributed by atoms with Gasteiger partial charge >= 0.3 is 0 Å². The summed E-state index contributed by atoms with van der Waals surface area (Å²) >= 11 is 0. The molecule has 2 nitrogen and oxygen atoms in total. The molecule has 17 heavy (non-hydrogen) atoms. The van der Waals surface area contributed by atoms with Crippen molar-refractivity contribution < 1.29 is 18.3 Å². The molecule has 0 saturated heterocycles. The molecule has 2 atom stereocenters. The van der Waals surface area contributed by atoms with Gasteiger partial charge in [0, 0.05) is 0 Å². The maximum absolute atomic E-state index is 12.9. The van der Waals surface area contributed by atoms with Gasteiger partial charge in [0.1, 0.15) is 0 Å². The first kappa shape index (κ1) is 16.2. The molecule has 0 amide bonds. The summed E-state index contributed by atoms with van der Waals surface area (Å²) in [5, 5.41) is 9.64. The smallest absolute Gasteiger partial charge is 0.194 e.